The van der Waals surface area contributed by atoms with Crippen LogP contribution in [0.1, 0.15) is 50.3 Å². The van der Waals surface area contributed by atoms with Crippen molar-refractivity contribution < 1.29 is 30.4 Å². The lowest BCUT2D eigenvalue weighted by molar-refractivity contribution is 0.0353. The number of hydrogen-bond donors (Lipinski definition) is 0. The van der Waals surface area contributed by atoms with Crippen LogP contribution in [-0.4, -0.2) is 84.2 Å². The van der Waals surface area contributed by atoms with Gasteiger partial charge < -0.3 is 9.13 Å². The Labute approximate surface area is 440 Å². The summed E-state index contributed by atoms with van der Waals surface area (Å²) in [6.07, 6.45) is 8.45. The molecule has 6 aromatic carbocycles. The van der Waals surface area contributed by atoms with E-state index < -0.39 is 31.3 Å². The first-order valence-electron chi connectivity index (χ1n) is 22.8. The van der Waals surface area contributed by atoms with E-state index in [2.05, 4.69) is 30.6 Å². The first-order valence-corrected chi connectivity index (χ1v) is 27.3. The van der Waals surface area contributed by atoms with Gasteiger partial charge in [0.25, 0.3) is 0 Å². The van der Waals surface area contributed by atoms with Crippen LogP contribution in [0.15, 0.2) is 168 Å². The third-order valence-electron chi connectivity index (χ3n) is 12.1. The molecule has 0 atom stereocenters. The Morgan fingerprint density at radius 1 is 0.533 bits per heavy atom. The third-order valence-corrected chi connectivity index (χ3v) is 14.8. The molecule has 0 aliphatic rings. The molecule has 380 valence electrons. The Balaban J connectivity index is 0.000000184. The first kappa shape index (κ1) is 51.9. The molecule has 0 bridgehead atoms. The summed E-state index contributed by atoms with van der Waals surface area (Å²) in [6, 6.07) is 36.0. The monoisotopic (exact) mass is 1080 g/mol. The summed E-state index contributed by atoms with van der Waals surface area (Å²) in [4.78, 5) is 22.7. The minimum atomic E-state index is -3.45. The van der Waals surface area contributed by atoms with Crippen molar-refractivity contribution in [2.75, 3.05) is 12.5 Å². The van der Waals surface area contributed by atoms with Crippen LogP contribution in [0.5, 0.6) is 0 Å². The van der Waals surface area contributed by atoms with Crippen LogP contribution in [0.2, 0.25) is 10.0 Å². The molecule has 4 aromatic heterocycles. The minimum absolute atomic E-state index is 0.150. The van der Waals surface area contributed by atoms with E-state index in [0.717, 1.165) is 45.6 Å². The molecule has 0 aliphatic carbocycles. The number of aromatic nitrogens is 10. The van der Waals surface area contributed by atoms with Crippen molar-refractivity contribution in [2.24, 2.45) is 0 Å². The highest BCUT2D eigenvalue weighted by molar-refractivity contribution is 7.91. The quantitative estimate of drug-likeness (QED) is 0.106. The molecule has 0 saturated heterocycles. The zero-order valence-electron chi connectivity index (χ0n) is 40.9. The minimum Gasteiger partial charge on any atom is -0.302 e. The van der Waals surface area contributed by atoms with E-state index in [9.17, 15) is 21.6 Å². The third kappa shape index (κ3) is 10.8. The van der Waals surface area contributed by atoms with Gasteiger partial charge in [-0.05, 0) is 135 Å². The predicted octanol–water partition coefficient (Wildman–Crippen LogP) is 11.0. The summed E-state index contributed by atoms with van der Waals surface area (Å²) < 4.78 is 86.4. The molecule has 21 heteroatoms. The molecule has 0 N–H and O–H groups in total. The summed E-state index contributed by atoms with van der Waals surface area (Å²) in [5, 5.41) is 17.0. The van der Waals surface area contributed by atoms with Gasteiger partial charge in [0.15, 0.2) is 19.7 Å². The lowest BCUT2D eigenvalue weighted by atomic mass is 10.0. The molecule has 10 aromatic rings. The average molecular weight is 1090 g/mol. The van der Waals surface area contributed by atoms with Crippen LogP contribution >= 0.6 is 23.2 Å². The highest BCUT2D eigenvalue weighted by Gasteiger charge is 2.39. The number of carbonyl (C=O) groups excluding carboxylic acids is 1. The molecule has 75 heavy (non-hydrogen) atoms. The zero-order chi connectivity index (χ0) is 53.6. The van der Waals surface area contributed by atoms with Crippen LogP contribution in [0, 0.1) is 27.7 Å². The van der Waals surface area contributed by atoms with Crippen LogP contribution in [0.25, 0.3) is 45.0 Å². The van der Waals surface area contributed by atoms with E-state index in [1.807, 2.05) is 62.7 Å². The smallest absolute Gasteiger partial charge is 0.302 e. The van der Waals surface area contributed by atoms with Gasteiger partial charge in [-0.2, -0.15) is 8.78 Å². The Bertz CT molecular complexity index is 4040. The van der Waals surface area contributed by atoms with Crippen LogP contribution in [-0.2, 0) is 25.6 Å². The van der Waals surface area contributed by atoms with E-state index in [1.165, 1.54) is 47.5 Å². The molecule has 0 aliphatic heterocycles. The number of imidazole rings is 2. The van der Waals surface area contributed by atoms with Crippen molar-refractivity contribution in [2.45, 2.75) is 43.4 Å². The maximum absolute atomic E-state index is 15.8. The van der Waals surface area contributed by atoms with Gasteiger partial charge in [0.2, 0.25) is 5.78 Å². The van der Waals surface area contributed by atoms with Crippen LogP contribution < -0.4 is 0 Å². The number of alkyl halides is 2. The highest BCUT2D eigenvalue weighted by Crippen LogP contribution is 2.39. The summed E-state index contributed by atoms with van der Waals surface area (Å²) in [5.41, 5.74) is 6.43. The SMILES string of the molecule is Cc1cn(-c2ccc(-c3cccc(S(C)(=O)=O)c3)cc2-n2nncc2C(=O)c2ccc(Cl)cc2)c(C)n1.Cc1cn(-c2ccc(-c3cccc(S(C)(=O)=O)c3)cc2-n2nncc2C(F)(F)c2ccc(Cl)cc2)c(C)n1. The van der Waals surface area contributed by atoms with E-state index in [0.29, 0.717) is 55.2 Å². The van der Waals surface area contributed by atoms with E-state index in [1.54, 1.807) is 89.6 Å². The second-order valence-corrected chi connectivity index (χ2v) is 22.5. The standard InChI is InChI=1S/C27H22ClF2N5O2S.C27H22ClN5O3S/c1-17-16-34(18(2)32-17)24-12-7-20(19-5-4-6-23(13-19)38(3,36)37)14-25(24)35-26(15-31-33-35)27(29,30)21-8-10-22(28)11-9-21;1-17-16-32(18(2)30-17)24-12-9-21(20-5-4-6-23(13-20)37(3,35)36)14-25(24)33-26(15-29-31-33)27(34)19-7-10-22(28)11-8-19/h4-16H,1-3H3;4-16H,1-3H3. The molecular weight excluding hydrogens is 1040 g/mol. The van der Waals surface area contributed by atoms with Gasteiger partial charge in [0.05, 0.1) is 56.3 Å². The highest BCUT2D eigenvalue weighted by atomic mass is 35.5. The number of halogens is 4. The molecule has 0 radical (unpaired) electrons. The number of hydrogen-bond acceptors (Lipinski definition) is 11. The van der Waals surface area contributed by atoms with E-state index in [4.69, 9.17) is 23.2 Å². The van der Waals surface area contributed by atoms with Gasteiger partial charge >= 0.3 is 5.92 Å². The second kappa shape index (κ2) is 20.4. The van der Waals surface area contributed by atoms with Gasteiger partial charge in [-0.15, -0.1) is 10.2 Å². The maximum Gasteiger partial charge on any atom is 0.316 e. The van der Waals surface area contributed by atoms with E-state index >= 15 is 8.78 Å². The lowest BCUT2D eigenvalue weighted by Crippen LogP contribution is -2.21. The molecule has 0 saturated carbocycles. The fraction of sp³-hybridized carbons (Fsp3) is 0.130. The maximum atomic E-state index is 15.8. The van der Waals surface area contributed by atoms with Crippen LogP contribution in [0.3, 0.4) is 0 Å². The second-order valence-electron chi connectivity index (χ2n) is 17.6. The molecule has 0 amide bonds. The fourth-order valence-corrected chi connectivity index (χ4v) is 10.0. The fourth-order valence-electron chi connectivity index (χ4n) is 8.44. The normalized spacial score (nSPS) is 11.9. The summed E-state index contributed by atoms with van der Waals surface area (Å²) in [7, 11) is -6.84. The lowest BCUT2D eigenvalue weighted by Gasteiger charge is -2.20. The number of ketones is 1. The van der Waals surface area contributed by atoms with Crippen LogP contribution in [0.4, 0.5) is 8.78 Å². The molecule has 0 fully saturated rings. The molecular formula is C54H44Cl2F2N10O5S2. The Kier molecular flexibility index (Phi) is 14.1. The Morgan fingerprint density at radius 3 is 1.44 bits per heavy atom. The summed E-state index contributed by atoms with van der Waals surface area (Å²) >= 11 is 11.9. The summed E-state index contributed by atoms with van der Waals surface area (Å²) in [5.74, 6) is -2.30. The number of aryl methyl sites for hydroxylation is 4. The van der Waals surface area contributed by atoms with Gasteiger partial charge in [0.1, 0.15) is 23.0 Å². The summed E-state index contributed by atoms with van der Waals surface area (Å²) in [6.45, 7) is 7.44. The molecule has 4 heterocycles. The first-order chi connectivity index (χ1) is 35.6. The molecule has 15 nitrogen and oxygen atoms in total. The van der Waals surface area contributed by atoms with Crippen molar-refractivity contribution >= 4 is 48.7 Å². The van der Waals surface area contributed by atoms with Crippen molar-refractivity contribution in [3.63, 3.8) is 0 Å². The van der Waals surface area contributed by atoms with Gasteiger partial charge in [-0.25, -0.2) is 36.2 Å². The number of sulfone groups is 2. The van der Waals surface area contributed by atoms with Gasteiger partial charge in [-0.1, -0.05) is 82.2 Å². The number of rotatable bonds is 12. The van der Waals surface area contributed by atoms with Crippen molar-refractivity contribution in [1.29, 1.82) is 0 Å². The van der Waals surface area contributed by atoms with Crippen molar-refractivity contribution in [3.8, 4) is 45.0 Å². The molecule has 10 rings (SSSR count). The predicted molar refractivity (Wildman–Crippen MR) is 282 cm³/mol. The topological polar surface area (TPSA) is 182 Å². The largest absolute Gasteiger partial charge is 0.316 e. The van der Waals surface area contributed by atoms with Crippen molar-refractivity contribution in [3.05, 3.63) is 214 Å². The number of benzene rings is 6. The van der Waals surface area contributed by atoms with Gasteiger partial charge in [-0.3, -0.25) is 4.79 Å². The molecule has 0 unspecified atom stereocenters. The molecule has 0 spiro atoms. The zero-order valence-corrected chi connectivity index (χ0v) is 44.0. The average Bonchev–Trinajstić information content (AvgIpc) is 4.21. The Morgan fingerprint density at radius 2 is 0.973 bits per heavy atom. The number of nitrogens with zero attached hydrogens (tertiary/aromatic N) is 10. The number of carbonyl (C=O) groups is 1. The van der Waals surface area contributed by atoms with E-state index in [-0.39, 0.29) is 26.8 Å². The Hall–Kier alpha value is -7.97. The van der Waals surface area contributed by atoms with Gasteiger partial charge in [0, 0.05) is 46.1 Å². The van der Waals surface area contributed by atoms with Crippen molar-refractivity contribution in [1.82, 2.24) is 49.1 Å².